The summed E-state index contributed by atoms with van der Waals surface area (Å²) in [5.74, 6) is -2.95. The number of rotatable bonds is 21. The zero-order valence-electron chi connectivity index (χ0n) is 30.0. The van der Waals surface area contributed by atoms with E-state index in [4.69, 9.17) is 9.47 Å². The van der Waals surface area contributed by atoms with E-state index in [1.807, 2.05) is 37.3 Å². The number of aliphatic hydroxyl groups excluding tert-OH is 1. The van der Waals surface area contributed by atoms with Gasteiger partial charge in [-0.3, -0.25) is 19.2 Å². The highest BCUT2D eigenvalue weighted by atomic mass is 79.9. The monoisotopic (exact) mass is 757 g/mol. The number of hydrogen-bond acceptors (Lipinski definition) is 7. The topological polar surface area (TPSA) is 117 Å². The van der Waals surface area contributed by atoms with E-state index >= 15 is 0 Å². The molecule has 3 aliphatic rings. The Morgan fingerprint density at radius 2 is 1.84 bits per heavy atom. The molecule has 0 aromatic heterocycles. The van der Waals surface area contributed by atoms with Gasteiger partial charge in [0, 0.05) is 44.5 Å². The Hall–Kier alpha value is -3.02. The molecule has 3 saturated heterocycles. The van der Waals surface area contributed by atoms with Gasteiger partial charge in [0.05, 0.1) is 24.0 Å². The minimum Gasteiger partial charge on any atom is -0.455 e. The number of likely N-dealkylation sites (tertiary alicyclic amines) is 1. The highest BCUT2D eigenvalue weighted by Gasteiger charge is 2.77. The van der Waals surface area contributed by atoms with Crippen LogP contribution >= 0.6 is 15.9 Å². The zero-order valence-corrected chi connectivity index (χ0v) is 31.6. The number of benzene rings is 1. The van der Waals surface area contributed by atoms with E-state index in [0.717, 1.165) is 37.7 Å². The number of carbonyl (C=O) groups excluding carboxylic acids is 4. The van der Waals surface area contributed by atoms with Crippen LogP contribution in [0.3, 0.4) is 0 Å². The maximum absolute atomic E-state index is 14.6. The van der Waals surface area contributed by atoms with E-state index in [0.29, 0.717) is 45.3 Å². The van der Waals surface area contributed by atoms with Crippen LogP contribution in [0, 0.1) is 11.8 Å². The molecular weight excluding hydrogens is 702 g/mol. The quantitative estimate of drug-likeness (QED) is 0.0753. The number of fused-ring (bicyclic) bond motifs is 1. The van der Waals surface area contributed by atoms with E-state index in [2.05, 4.69) is 36.0 Å². The number of ether oxygens (including phenoxy) is 2. The standard InChI is InChI=1S/C39H56BrN3O7/c1-6-9-16-23-42(22-8-3)37(47)35-39-26-29(40)34(50-39)31(32(39)36(46)43(35)24-17-11-12-18-25-44)38(48)49-33(28-19-14-13-15-20-28)27(4)41(5)30(45)21-10-7-2/h7-8,13-15,19-20,27,29,31-35,44H,2-3,6,9-12,16-18,21-26H2,1,4-5H3/t27-,29?,31+,32-,33+,34+,35+,39-/m1/s1. The van der Waals surface area contributed by atoms with E-state index < -0.39 is 47.7 Å². The minimum atomic E-state index is -1.20. The molecule has 3 heterocycles. The van der Waals surface area contributed by atoms with Crippen LogP contribution in [0.15, 0.2) is 55.6 Å². The summed E-state index contributed by atoms with van der Waals surface area (Å²) >= 11 is 3.77. The molecule has 11 heteroatoms. The molecule has 3 aliphatic heterocycles. The van der Waals surface area contributed by atoms with Gasteiger partial charge in [-0.05, 0) is 44.6 Å². The minimum absolute atomic E-state index is 0.0953. The van der Waals surface area contributed by atoms with E-state index in [1.54, 1.807) is 33.9 Å². The van der Waals surface area contributed by atoms with Crippen LogP contribution in [0.5, 0.6) is 0 Å². The molecule has 0 saturated carbocycles. The smallest absolute Gasteiger partial charge is 0.313 e. The fourth-order valence-electron chi connectivity index (χ4n) is 7.96. The van der Waals surface area contributed by atoms with Gasteiger partial charge in [0.2, 0.25) is 17.7 Å². The third-order valence-electron chi connectivity index (χ3n) is 10.7. The molecule has 3 amide bonds. The first-order chi connectivity index (χ1) is 24.1. The lowest BCUT2D eigenvalue weighted by atomic mass is 9.70. The molecular formula is C39H56BrN3O7. The number of likely N-dealkylation sites (N-methyl/N-ethyl adjacent to an activating group) is 1. The lowest BCUT2D eigenvalue weighted by molar-refractivity contribution is -0.164. The molecule has 1 unspecified atom stereocenters. The van der Waals surface area contributed by atoms with Crippen molar-refractivity contribution in [1.29, 1.82) is 0 Å². The highest BCUT2D eigenvalue weighted by molar-refractivity contribution is 9.09. The summed E-state index contributed by atoms with van der Waals surface area (Å²) in [5, 5.41) is 9.27. The lowest BCUT2D eigenvalue weighted by Gasteiger charge is -2.37. The average molecular weight is 759 g/mol. The van der Waals surface area contributed by atoms with Gasteiger partial charge >= 0.3 is 5.97 Å². The van der Waals surface area contributed by atoms with Crippen molar-refractivity contribution in [2.24, 2.45) is 11.8 Å². The molecule has 10 nitrogen and oxygen atoms in total. The summed E-state index contributed by atoms with van der Waals surface area (Å²) in [6.07, 6.45) is 8.91. The van der Waals surface area contributed by atoms with Crippen molar-refractivity contribution in [2.45, 2.75) is 113 Å². The number of allylic oxidation sites excluding steroid dienone is 1. The Kier molecular flexibility index (Phi) is 14.7. The summed E-state index contributed by atoms with van der Waals surface area (Å²) in [7, 11) is 1.70. The van der Waals surface area contributed by atoms with E-state index in [1.165, 1.54) is 0 Å². The second-order valence-corrected chi connectivity index (χ2v) is 15.1. The van der Waals surface area contributed by atoms with Crippen LogP contribution in [0.4, 0.5) is 0 Å². The first-order valence-corrected chi connectivity index (χ1v) is 19.2. The van der Waals surface area contributed by atoms with Crippen LogP contribution in [-0.4, -0.2) is 105 Å². The molecule has 2 bridgehead atoms. The fraction of sp³-hybridized carbons (Fsp3) is 0.641. The number of aliphatic hydroxyl groups is 1. The molecule has 8 atom stereocenters. The van der Waals surface area contributed by atoms with Crippen LogP contribution < -0.4 is 0 Å². The van der Waals surface area contributed by atoms with Gasteiger partial charge in [-0.15, -0.1) is 13.2 Å². The number of unbranched alkanes of at least 4 members (excludes halogenated alkanes) is 5. The van der Waals surface area contributed by atoms with E-state index in [-0.39, 0.29) is 35.6 Å². The second-order valence-electron chi connectivity index (χ2n) is 14.0. The Morgan fingerprint density at radius 1 is 1.12 bits per heavy atom. The molecule has 4 rings (SSSR count). The van der Waals surface area contributed by atoms with Gasteiger partial charge in [-0.1, -0.05) is 91.0 Å². The molecule has 3 fully saturated rings. The van der Waals surface area contributed by atoms with E-state index in [9.17, 15) is 24.3 Å². The summed E-state index contributed by atoms with van der Waals surface area (Å²) in [6, 6.07) is 7.92. The average Bonchev–Trinajstić information content (AvgIpc) is 3.71. The first kappa shape index (κ1) is 39.8. The number of amides is 3. The molecule has 276 valence electrons. The second kappa shape index (κ2) is 18.5. The summed E-state index contributed by atoms with van der Waals surface area (Å²) in [6.45, 7) is 12.9. The molecule has 1 aromatic carbocycles. The summed E-state index contributed by atoms with van der Waals surface area (Å²) < 4.78 is 13.1. The van der Waals surface area contributed by atoms with Crippen molar-refractivity contribution in [3.05, 3.63) is 61.2 Å². The van der Waals surface area contributed by atoms with Crippen molar-refractivity contribution in [3.8, 4) is 0 Å². The summed E-state index contributed by atoms with van der Waals surface area (Å²) in [5.41, 5.74) is -0.467. The fourth-order valence-corrected chi connectivity index (χ4v) is 8.91. The lowest BCUT2D eigenvalue weighted by Crippen LogP contribution is -2.57. The normalized spacial score (nSPS) is 26.3. The zero-order chi connectivity index (χ0) is 36.4. The highest BCUT2D eigenvalue weighted by Crippen LogP contribution is 2.60. The van der Waals surface area contributed by atoms with Crippen molar-refractivity contribution < 1.29 is 33.8 Å². The number of carbonyl (C=O) groups is 4. The number of esters is 1. The SMILES string of the molecule is C=CCCC(=O)N(C)[C@H](C)[C@H](OC(=O)[C@@H]1[C@H]2O[C@@]3(CC2Br)[C@H](C(=O)N(CC=C)CCCCC)N(CCCCCCO)C(=O)[C@@H]13)c1ccccc1. The van der Waals surface area contributed by atoms with Crippen LogP contribution in [0.25, 0.3) is 0 Å². The van der Waals surface area contributed by atoms with Gasteiger partial charge < -0.3 is 29.3 Å². The molecule has 1 aromatic rings. The van der Waals surface area contributed by atoms with Crippen LogP contribution in [-0.2, 0) is 28.7 Å². The molecule has 1 N–H and O–H groups in total. The summed E-state index contributed by atoms with van der Waals surface area (Å²) in [4.78, 5) is 61.5. The van der Waals surface area contributed by atoms with Gasteiger partial charge in [0.25, 0.3) is 0 Å². The van der Waals surface area contributed by atoms with Gasteiger partial charge in [-0.2, -0.15) is 0 Å². The van der Waals surface area contributed by atoms with Gasteiger partial charge in [-0.25, -0.2) is 0 Å². The van der Waals surface area contributed by atoms with Crippen molar-refractivity contribution in [3.63, 3.8) is 0 Å². The largest absolute Gasteiger partial charge is 0.455 e. The van der Waals surface area contributed by atoms with Crippen molar-refractivity contribution in [2.75, 3.05) is 33.3 Å². The van der Waals surface area contributed by atoms with Gasteiger partial charge in [0.15, 0.2) is 0 Å². The number of nitrogens with zero attached hydrogens (tertiary/aromatic N) is 3. The molecule has 1 spiro atoms. The Bertz CT molecular complexity index is 1340. The maximum Gasteiger partial charge on any atom is 0.313 e. The Labute approximate surface area is 306 Å². The predicted octanol–water partition coefficient (Wildman–Crippen LogP) is 5.59. The molecule has 0 radical (unpaired) electrons. The Balaban J connectivity index is 1.68. The van der Waals surface area contributed by atoms with Crippen LogP contribution in [0.2, 0.25) is 0 Å². The number of halogens is 1. The predicted molar refractivity (Wildman–Crippen MR) is 196 cm³/mol. The van der Waals surface area contributed by atoms with Crippen molar-refractivity contribution >= 4 is 39.6 Å². The van der Waals surface area contributed by atoms with Crippen LogP contribution in [0.1, 0.15) is 89.7 Å². The molecule has 0 aliphatic carbocycles. The van der Waals surface area contributed by atoms with Gasteiger partial charge in [0.1, 0.15) is 17.7 Å². The number of alkyl halides is 1. The first-order valence-electron chi connectivity index (χ1n) is 18.3. The third-order valence-corrected chi connectivity index (χ3v) is 11.5. The molecule has 50 heavy (non-hydrogen) atoms. The third kappa shape index (κ3) is 8.37. The maximum atomic E-state index is 14.6. The Morgan fingerprint density at radius 3 is 2.50 bits per heavy atom. The van der Waals surface area contributed by atoms with Crippen molar-refractivity contribution in [1.82, 2.24) is 14.7 Å². The number of hydrogen-bond donors (Lipinski definition) is 1.